The summed E-state index contributed by atoms with van der Waals surface area (Å²) in [5.74, 6) is -6.39. The molecule has 0 spiro atoms. The Morgan fingerprint density at radius 2 is 0.633 bits per heavy atom. The van der Waals surface area contributed by atoms with Crippen LogP contribution in [-0.2, 0) is 41.7 Å². The number of hydrogen-bond acceptors (Lipinski definition) is 0. The van der Waals surface area contributed by atoms with E-state index in [4.69, 9.17) is 24.7 Å². The van der Waals surface area contributed by atoms with Gasteiger partial charge in [-0.25, -0.2) is 22.8 Å². The van der Waals surface area contributed by atoms with Crippen molar-refractivity contribution in [1.29, 1.82) is 0 Å². The first kappa shape index (κ1) is 64.9. The van der Waals surface area contributed by atoms with Crippen LogP contribution in [-0.4, -0.2) is 0 Å². The zero-order chi connectivity index (χ0) is 100. The van der Waals surface area contributed by atoms with Crippen LogP contribution in [0.1, 0.15) is 189 Å². The fraction of sp³-hybridized carbons (Fsp3) is 0.261. The van der Waals surface area contributed by atoms with Crippen LogP contribution in [0.5, 0.6) is 0 Å². The van der Waals surface area contributed by atoms with Crippen LogP contribution in [0.15, 0.2) is 328 Å². The van der Waals surface area contributed by atoms with Crippen LogP contribution in [0.2, 0.25) is 0 Å². The van der Waals surface area contributed by atoms with E-state index in [-0.39, 0.29) is 25.7 Å². The molecule has 5 heteroatoms. The minimum Gasteiger partial charge on any atom is -0.201 e. The average molecular weight is 1600 g/mol. The van der Waals surface area contributed by atoms with Crippen molar-refractivity contribution in [2.45, 2.75) is 158 Å². The number of nitrogens with zero attached hydrogens (tertiary/aromatic N) is 5. The molecule has 2 aliphatic rings. The van der Waals surface area contributed by atoms with Gasteiger partial charge in [0.2, 0.25) is 28.5 Å². The van der Waals surface area contributed by atoms with Crippen molar-refractivity contribution in [2.24, 2.45) is 41.1 Å². The van der Waals surface area contributed by atoms with Crippen molar-refractivity contribution in [2.75, 3.05) is 0 Å². The molecule has 4 atom stereocenters. The van der Waals surface area contributed by atoms with Crippen LogP contribution < -0.4 is 22.8 Å². The quantitative estimate of drug-likeness (QED) is 0.0912. The molecule has 2 saturated carbocycles. The van der Waals surface area contributed by atoms with E-state index in [1.54, 1.807) is 18.2 Å². The highest BCUT2D eigenvalue weighted by atomic mass is 14.9. The Bertz CT molecular complexity index is 6930. The number of aryl methyl sites for hydroxylation is 12. The van der Waals surface area contributed by atoms with Crippen molar-refractivity contribution in [1.82, 2.24) is 0 Å². The lowest BCUT2D eigenvalue weighted by Gasteiger charge is -2.22. The second-order valence-electron chi connectivity index (χ2n) is 31.9. The summed E-state index contributed by atoms with van der Waals surface area (Å²) in [6, 6.07) is 99.3. The maximum atomic E-state index is 9.00. The van der Waals surface area contributed by atoms with E-state index in [2.05, 4.69) is 218 Å². The van der Waals surface area contributed by atoms with Crippen LogP contribution in [0.25, 0.3) is 112 Å². The van der Waals surface area contributed by atoms with E-state index in [9.17, 15) is 0 Å². The second-order valence-corrected chi connectivity index (χ2v) is 31.9. The van der Waals surface area contributed by atoms with E-state index < -0.39 is 62.8 Å². The first-order valence-electron chi connectivity index (χ1n) is 50.7. The molecule has 4 unspecified atom stereocenters. The molecule has 5 heterocycles. The fourth-order valence-electron chi connectivity index (χ4n) is 15.6. The van der Waals surface area contributed by atoms with Crippen molar-refractivity contribution >= 4 is 0 Å². The molecule has 10 aromatic carbocycles. The SMILES string of the molecule is Cc1ccc(-c2cc[n+](C)c(-c3ccccc3C)c2)cc1C.[2H]C([2H])([2H])C([2H])(C)Cc1cccc(-c2cc[n+](C)c(-c3ccccc3C)c2)c1.[2H]C([2H])([2H])C([2H])(C)c1cccc(-c2cc[n+](C)c(-c3ccccc3C)c2)c1.[2H]C1([2H])CCC([2H])(c2cccc(-c3cc[n+](C)c(-c4ccccc4C)c3)c2)C1([2H])[2H].[2H]C1([2H])CCCC([2H])(c2cccc(-c3cc[n+](C)c(-c4ccccc4C)c3)c2)C1([2H])[2H]. The Morgan fingerprint density at radius 3 is 0.992 bits per heavy atom. The van der Waals surface area contributed by atoms with E-state index >= 15 is 0 Å². The molecule has 0 bridgehead atoms. The van der Waals surface area contributed by atoms with E-state index in [1.165, 1.54) is 80.7 Å². The van der Waals surface area contributed by atoms with Gasteiger partial charge in [-0.2, -0.15) is 0 Å². The fourth-order valence-corrected chi connectivity index (χ4v) is 15.6. The van der Waals surface area contributed by atoms with Crippen LogP contribution >= 0.6 is 0 Å². The Balaban J connectivity index is 0.000000146. The van der Waals surface area contributed by atoms with Crippen molar-refractivity contribution in [3.8, 4) is 112 Å². The third kappa shape index (κ3) is 21.7. The van der Waals surface area contributed by atoms with Crippen molar-refractivity contribution in [3.05, 3.63) is 389 Å². The highest BCUT2D eigenvalue weighted by Gasteiger charge is 2.23. The van der Waals surface area contributed by atoms with Crippen LogP contribution in [0.3, 0.4) is 0 Å². The second kappa shape index (κ2) is 40.6. The van der Waals surface area contributed by atoms with Gasteiger partial charge in [0.15, 0.2) is 31.0 Å². The standard InChI is InChI=1S/C25H28N.C24H26N.C23H26N.C22H24N.C21H22N/c1-19-9-6-7-14-24(19)25-18-23(15-16-26(25)2)22-13-8-12-21(17-22)20-10-4-3-5-11-20;1-18-8-3-6-13-23(18)24-17-22(14-15-25(24)2)21-12-7-11-20(16-21)19-9-4-5-10-19;1-17(2)14-19-9-7-10-20(15-19)21-12-13-24(4)23(16-21)22-11-6-5-8-18(22)3;1-16(2)18-9-7-10-19(14-18)20-12-13-23(4)22(15-20)21-11-6-5-8-17(21)3;1-15-9-10-18(13-17(15)3)19-11-12-22(4)21(14-19)20-8-6-5-7-16(20)2/h6-9,12-18,20H,3-5,10-11H2,1-2H3;3,6-8,11-17,19H,4-5,9-10H2,1-2H3;5-13,15-17H,14H2,1-4H3;5-16H,1-4H3;5-14H,1-4H3/q5*+1/i4D2,10D2,20D;4D2,9D2,19D;1D3,17D;1D3,16D;. The maximum absolute atomic E-state index is 9.00. The molecule has 2 aliphatic carbocycles. The molecule has 15 aromatic rings. The molecule has 2 fully saturated rings. The minimum absolute atomic E-state index is 0.0479. The third-order valence-corrected chi connectivity index (χ3v) is 22.8. The minimum atomic E-state index is -2.39. The lowest BCUT2D eigenvalue weighted by atomic mass is 9.83. The van der Waals surface area contributed by atoms with Crippen LogP contribution in [0.4, 0.5) is 0 Å². The van der Waals surface area contributed by atoms with Gasteiger partial charge in [-0.1, -0.05) is 266 Å². The zero-order valence-electron chi connectivity index (χ0n) is 90.2. The van der Waals surface area contributed by atoms with Crippen molar-refractivity contribution < 1.29 is 47.5 Å². The lowest BCUT2D eigenvalue weighted by molar-refractivity contribution is -0.660. The lowest BCUT2D eigenvalue weighted by Crippen LogP contribution is -2.30. The highest BCUT2D eigenvalue weighted by Crippen LogP contribution is 2.39. The third-order valence-electron chi connectivity index (χ3n) is 22.8. The van der Waals surface area contributed by atoms with Gasteiger partial charge in [-0.3, -0.25) is 0 Å². The molecule has 5 nitrogen and oxygen atoms in total. The molecule has 17 rings (SSSR count). The summed E-state index contributed by atoms with van der Waals surface area (Å²) < 4.78 is 157. The zero-order valence-corrected chi connectivity index (χ0v) is 72.2. The number of hydrogen-bond donors (Lipinski definition) is 0. The predicted molar refractivity (Wildman–Crippen MR) is 505 cm³/mol. The van der Waals surface area contributed by atoms with E-state index in [0.717, 1.165) is 89.5 Å². The molecule has 0 saturated heterocycles. The monoisotopic (exact) mass is 1600 g/mol. The molecule has 606 valence electrons. The normalized spacial score (nSPS) is 19.9. The van der Waals surface area contributed by atoms with Gasteiger partial charge >= 0.3 is 0 Å². The van der Waals surface area contributed by atoms with Gasteiger partial charge in [0.1, 0.15) is 35.2 Å². The predicted octanol–water partition coefficient (Wildman–Crippen LogP) is 27.4. The highest BCUT2D eigenvalue weighted by molar-refractivity contribution is 5.76. The summed E-state index contributed by atoms with van der Waals surface area (Å²) in [6.07, 6.45) is 3.00. The Kier molecular flexibility index (Phi) is 22.0. The van der Waals surface area contributed by atoms with Gasteiger partial charge in [0, 0.05) is 113 Å². The topological polar surface area (TPSA) is 19.4 Å². The largest absolute Gasteiger partial charge is 0.213 e. The molecule has 5 aromatic heterocycles. The first-order chi connectivity index (χ1) is 64.9. The molecule has 120 heavy (non-hydrogen) atoms. The molecular formula is C115H126N5+5. The average Bonchev–Trinajstić information content (AvgIpc) is 1.66. The molecule has 0 amide bonds. The summed E-state index contributed by atoms with van der Waals surface area (Å²) in [5.41, 5.74) is 33.0. The Labute approximate surface area is 744 Å². The van der Waals surface area contributed by atoms with Crippen molar-refractivity contribution in [3.63, 3.8) is 0 Å². The summed E-state index contributed by atoms with van der Waals surface area (Å²) in [4.78, 5) is 0. The van der Waals surface area contributed by atoms with Gasteiger partial charge in [-0.05, 0) is 251 Å². The Morgan fingerprint density at radius 1 is 0.308 bits per heavy atom. The molecule has 0 N–H and O–H groups in total. The number of rotatable bonds is 15. The molecule has 0 aliphatic heterocycles. The number of aromatic nitrogens is 5. The molecular weight excluding hydrogens is 1450 g/mol. The van der Waals surface area contributed by atoms with Gasteiger partial charge in [0.05, 0.1) is 0 Å². The summed E-state index contributed by atoms with van der Waals surface area (Å²) in [6.45, 7) is 13.1. The van der Waals surface area contributed by atoms with E-state index in [0.29, 0.717) is 29.5 Å². The van der Waals surface area contributed by atoms with E-state index in [1.807, 2.05) is 199 Å². The van der Waals surface area contributed by atoms with Gasteiger partial charge < -0.3 is 0 Å². The van der Waals surface area contributed by atoms with Crippen LogP contribution in [0, 0.1) is 54.4 Å². The van der Waals surface area contributed by atoms with Gasteiger partial charge in [-0.15, -0.1) is 0 Å². The number of benzene rings is 10. The molecule has 0 radical (unpaired) electrons. The summed E-state index contributed by atoms with van der Waals surface area (Å²) in [7, 11) is 10.2. The first-order valence-corrected chi connectivity index (χ1v) is 41.7. The Hall–Kier alpha value is -12.1. The summed E-state index contributed by atoms with van der Waals surface area (Å²) >= 11 is 0. The van der Waals surface area contributed by atoms with Gasteiger partial charge in [0.25, 0.3) is 0 Å². The smallest absolute Gasteiger partial charge is 0.201 e. The maximum Gasteiger partial charge on any atom is 0.213 e. The number of pyridine rings is 5. The summed E-state index contributed by atoms with van der Waals surface area (Å²) in [5, 5.41) is 0.